The summed E-state index contributed by atoms with van der Waals surface area (Å²) in [6.07, 6.45) is 1.53. The molecule has 7 heteroatoms. The topological polar surface area (TPSA) is 120 Å². The molecule has 0 bridgehead atoms. The molecule has 0 saturated carbocycles. The van der Waals surface area contributed by atoms with E-state index in [0.717, 1.165) is 5.56 Å². The van der Waals surface area contributed by atoms with Gasteiger partial charge in [0.25, 0.3) is 5.91 Å². The molecule has 0 unspecified atom stereocenters. The number of benzene rings is 2. The number of nitrogens with zero attached hydrogens (tertiary/aromatic N) is 1. The number of nitrogen functional groups attached to an aromatic ring is 1. The van der Waals surface area contributed by atoms with Gasteiger partial charge in [0.05, 0.1) is 6.10 Å². The summed E-state index contributed by atoms with van der Waals surface area (Å²) >= 11 is 0. The highest BCUT2D eigenvalue weighted by Gasteiger charge is 2.21. The normalized spacial score (nSPS) is 12.4. The molecule has 0 fully saturated rings. The average molecular weight is 435 g/mol. The van der Waals surface area contributed by atoms with E-state index in [1.807, 2.05) is 32.0 Å². The number of rotatable bonds is 8. The molecule has 0 aliphatic rings. The Hall–Kier alpha value is -3.42. The fraction of sp³-hybridized carbons (Fsp3) is 0.280. The number of aliphatic hydroxyl groups excluding tert-OH is 1. The molecule has 0 radical (unpaired) electrons. The van der Waals surface area contributed by atoms with E-state index in [2.05, 4.69) is 15.6 Å². The molecule has 32 heavy (non-hydrogen) atoms. The molecule has 0 aliphatic heterocycles. The summed E-state index contributed by atoms with van der Waals surface area (Å²) in [5.74, 6) is 0.316. The van der Waals surface area contributed by atoms with E-state index >= 15 is 0 Å². The molecule has 3 rings (SSSR count). The smallest absolute Gasteiger partial charge is 0.255 e. The molecule has 3 aromatic rings. The molecule has 1 amide bonds. The number of aromatic nitrogens is 1. The molecule has 0 aliphatic carbocycles. The van der Waals surface area contributed by atoms with Crippen molar-refractivity contribution in [1.29, 1.82) is 0 Å². The van der Waals surface area contributed by atoms with Crippen molar-refractivity contribution in [3.63, 3.8) is 0 Å². The third-order valence-electron chi connectivity index (χ3n) is 5.36. The van der Waals surface area contributed by atoms with Gasteiger partial charge in [-0.1, -0.05) is 24.3 Å². The highest BCUT2D eigenvalue weighted by Crippen LogP contribution is 2.24. The summed E-state index contributed by atoms with van der Waals surface area (Å²) < 4.78 is 0. The quantitative estimate of drug-likeness (QED) is 0.370. The van der Waals surface area contributed by atoms with Gasteiger partial charge in [0.15, 0.2) is 0 Å². The summed E-state index contributed by atoms with van der Waals surface area (Å²) in [6, 6.07) is 15.9. The van der Waals surface area contributed by atoms with E-state index in [1.54, 1.807) is 49.5 Å². The second-order valence-electron chi connectivity index (χ2n) is 8.58. The molecule has 168 valence electrons. The molecule has 1 aromatic heterocycles. The third kappa shape index (κ3) is 6.06. The minimum Gasteiger partial charge on any atom is -0.508 e. The molecule has 2 aromatic carbocycles. The zero-order valence-electron chi connectivity index (χ0n) is 18.6. The molecular formula is C25H30N4O3. The Kier molecular flexibility index (Phi) is 7.12. The van der Waals surface area contributed by atoms with Gasteiger partial charge < -0.3 is 26.6 Å². The van der Waals surface area contributed by atoms with Crippen LogP contribution in [0.5, 0.6) is 5.75 Å². The highest BCUT2D eigenvalue weighted by atomic mass is 16.3. The van der Waals surface area contributed by atoms with E-state index in [0.29, 0.717) is 41.2 Å². The van der Waals surface area contributed by atoms with Crippen molar-refractivity contribution in [3.8, 4) is 5.75 Å². The summed E-state index contributed by atoms with van der Waals surface area (Å²) in [4.78, 5) is 16.8. The lowest BCUT2D eigenvalue weighted by molar-refractivity contribution is 0.102. The first-order chi connectivity index (χ1) is 15.1. The van der Waals surface area contributed by atoms with E-state index in [4.69, 9.17) is 5.73 Å². The molecule has 1 atom stereocenters. The van der Waals surface area contributed by atoms with Gasteiger partial charge in [0, 0.05) is 40.7 Å². The van der Waals surface area contributed by atoms with Crippen LogP contribution in [0, 0.1) is 6.92 Å². The minimum absolute atomic E-state index is 0.140. The van der Waals surface area contributed by atoms with Crippen molar-refractivity contribution in [3.05, 3.63) is 83.0 Å². The molecule has 6 N–H and O–H groups in total. The number of hydrogen-bond acceptors (Lipinski definition) is 6. The van der Waals surface area contributed by atoms with E-state index < -0.39 is 6.10 Å². The molecule has 0 spiro atoms. The number of pyridine rings is 1. The van der Waals surface area contributed by atoms with Crippen LogP contribution in [0.1, 0.15) is 47.0 Å². The van der Waals surface area contributed by atoms with E-state index in [1.165, 1.54) is 0 Å². The predicted molar refractivity (Wildman–Crippen MR) is 127 cm³/mol. The maximum atomic E-state index is 12.7. The Labute approximate surface area is 188 Å². The number of anilines is 2. The molecule has 7 nitrogen and oxygen atoms in total. The second-order valence-corrected chi connectivity index (χ2v) is 8.58. The summed E-state index contributed by atoms with van der Waals surface area (Å²) in [5.41, 5.74) is 8.70. The SMILES string of the molecule is Cc1c(O)cccc1NC(=O)c1cccc(CC(C)(C)NC[C@H](O)c2ccc(N)nc2)c1. The fourth-order valence-corrected chi connectivity index (χ4v) is 3.45. The summed E-state index contributed by atoms with van der Waals surface area (Å²) in [7, 11) is 0. The van der Waals surface area contributed by atoms with Crippen molar-refractivity contribution < 1.29 is 15.0 Å². The van der Waals surface area contributed by atoms with Crippen molar-refractivity contribution >= 4 is 17.4 Å². The lowest BCUT2D eigenvalue weighted by atomic mass is 9.93. The lowest BCUT2D eigenvalue weighted by Gasteiger charge is -2.28. The Morgan fingerprint density at radius 2 is 1.91 bits per heavy atom. The molecular weight excluding hydrogens is 404 g/mol. The van der Waals surface area contributed by atoms with Crippen molar-refractivity contribution in [2.75, 3.05) is 17.6 Å². The Bertz CT molecular complexity index is 1080. The van der Waals surface area contributed by atoms with Gasteiger partial charge in [-0.25, -0.2) is 4.98 Å². The van der Waals surface area contributed by atoms with Gasteiger partial charge in [-0.2, -0.15) is 0 Å². The van der Waals surface area contributed by atoms with Crippen molar-refractivity contribution in [2.45, 2.75) is 38.8 Å². The van der Waals surface area contributed by atoms with Gasteiger partial charge in [-0.15, -0.1) is 0 Å². The highest BCUT2D eigenvalue weighted by molar-refractivity contribution is 6.04. The van der Waals surface area contributed by atoms with Crippen LogP contribution >= 0.6 is 0 Å². The van der Waals surface area contributed by atoms with Crippen LogP contribution in [0.2, 0.25) is 0 Å². The lowest BCUT2D eigenvalue weighted by Crippen LogP contribution is -2.43. The first kappa shape index (κ1) is 23.2. The number of aliphatic hydroxyl groups is 1. The van der Waals surface area contributed by atoms with Gasteiger partial charge in [-0.05, 0) is 63.1 Å². The van der Waals surface area contributed by atoms with Crippen LogP contribution in [-0.2, 0) is 6.42 Å². The van der Waals surface area contributed by atoms with Crippen molar-refractivity contribution in [2.24, 2.45) is 0 Å². The first-order valence-electron chi connectivity index (χ1n) is 10.5. The summed E-state index contributed by atoms with van der Waals surface area (Å²) in [5, 5.41) is 26.5. The summed E-state index contributed by atoms with van der Waals surface area (Å²) in [6.45, 7) is 6.20. The van der Waals surface area contributed by atoms with Crippen LogP contribution in [0.15, 0.2) is 60.8 Å². The fourth-order valence-electron chi connectivity index (χ4n) is 3.45. The minimum atomic E-state index is -0.704. The molecule has 0 saturated heterocycles. The van der Waals surface area contributed by atoms with Crippen LogP contribution in [0.3, 0.4) is 0 Å². The largest absolute Gasteiger partial charge is 0.508 e. The van der Waals surface area contributed by atoms with E-state index in [-0.39, 0.29) is 17.2 Å². The Balaban J connectivity index is 1.63. The van der Waals surface area contributed by atoms with E-state index in [9.17, 15) is 15.0 Å². The average Bonchev–Trinajstić information content (AvgIpc) is 2.75. The number of nitrogens with two attached hydrogens (primary N) is 1. The van der Waals surface area contributed by atoms with Gasteiger partial charge >= 0.3 is 0 Å². The standard InChI is InChI=1S/C25H30N4O3/c1-16-20(8-5-9-21(16)30)29-24(32)18-7-4-6-17(12-18)13-25(2,3)28-15-22(31)19-10-11-23(26)27-14-19/h4-12,14,22,28,30-31H,13,15H2,1-3H3,(H2,26,27)(H,29,32)/t22-/m0/s1. The number of amides is 1. The monoisotopic (exact) mass is 434 g/mol. The number of hydrogen-bond donors (Lipinski definition) is 5. The van der Waals surface area contributed by atoms with Gasteiger partial charge in [-0.3, -0.25) is 4.79 Å². The third-order valence-corrected chi connectivity index (χ3v) is 5.36. The zero-order valence-corrected chi connectivity index (χ0v) is 18.6. The first-order valence-corrected chi connectivity index (χ1v) is 10.5. The second kappa shape index (κ2) is 9.80. The molecule has 1 heterocycles. The van der Waals surface area contributed by atoms with Crippen LogP contribution in [-0.4, -0.2) is 33.2 Å². The van der Waals surface area contributed by atoms with Crippen LogP contribution in [0.25, 0.3) is 0 Å². The number of aromatic hydroxyl groups is 1. The predicted octanol–water partition coefficient (Wildman–Crippen LogP) is 3.57. The number of phenols is 1. The van der Waals surface area contributed by atoms with Crippen LogP contribution < -0.4 is 16.4 Å². The Morgan fingerprint density at radius 3 is 2.62 bits per heavy atom. The number of carbonyl (C=O) groups excluding carboxylic acids is 1. The van der Waals surface area contributed by atoms with Gasteiger partial charge in [0.2, 0.25) is 0 Å². The van der Waals surface area contributed by atoms with Crippen LogP contribution in [0.4, 0.5) is 11.5 Å². The van der Waals surface area contributed by atoms with Crippen molar-refractivity contribution in [1.82, 2.24) is 10.3 Å². The Morgan fingerprint density at radius 1 is 1.16 bits per heavy atom. The maximum Gasteiger partial charge on any atom is 0.255 e. The maximum absolute atomic E-state index is 12.7. The van der Waals surface area contributed by atoms with Gasteiger partial charge in [0.1, 0.15) is 11.6 Å². The number of carbonyl (C=O) groups is 1. The number of nitrogens with one attached hydrogen (secondary N) is 2. The number of β-amino-alcohol motifs (C(OH)–C–C–N with tert-alkyl or cyclic N) is 1. The zero-order chi connectivity index (χ0) is 23.3. The number of phenolic OH excluding ortho intramolecular Hbond substituents is 1.